The van der Waals surface area contributed by atoms with E-state index in [2.05, 4.69) is 47.5 Å². The molecule has 0 aliphatic carbocycles. The first-order valence-corrected chi connectivity index (χ1v) is 24.5. The Hall–Kier alpha value is -8.38. The van der Waals surface area contributed by atoms with Crippen molar-refractivity contribution in [1.29, 1.82) is 10.5 Å². The summed E-state index contributed by atoms with van der Waals surface area (Å²) >= 11 is 12.2. The molecule has 73 heavy (non-hydrogen) atoms. The second-order valence-corrected chi connectivity index (χ2v) is 18.9. The fourth-order valence-corrected chi connectivity index (χ4v) is 10.1. The minimum absolute atomic E-state index is 0.218. The molecule has 8 heterocycles. The Bertz CT molecular complexity index is 4020. The Balaban J connectivity index is 0.000000157. The van der Waals surface area contributed by atoms with Gasteiger partial charge < -0.3 is 20.4 Å². The van der Waals surface area contributed by atoms with E-state index in [1.165, 1.54) is 0 Å². The van der Waals surface area contributed by atoms with Crippen molar-refractivity contribution in [3.8, 4) is 45.8 Å². The van der Waals surface area contributed by atoms with Crippen LogP contribution >= 0.6 is 23.2 Å². The molecule has 0 bridgehead atoms. The zero-order valence-corrected chi connectivity index (χ0v) is 41.6. The molecule has 12 rings (SSSR count). The number of rotatable bonds is 6. The van der Waals surface area contributed by atoms with Crippen LogP contribution in [0, 0.1) is 29.6 Å². The Labute approximate surface area is 428 Å². The van der Waals surface area contributed by atoms with Gasteiger partial charge in [0, 0.05) is 87.3 Å². The van der Waals surface area contributed by atoms with Gasteiger partial charge in [0.1, 0.15) is 23.8 Å². The van der Waals surface area contributed by atoms with Crippen LogP contribution in [0.15, 0.2) is 125 Å². The van der Waals surface area contributed by atoms with E-state index in [9.17, 15) is 20.1 Å². The molecule has 2 aliphatic heterocycles. The van der Waals surface area contributed by atoms with E-state index in [4.69, 9.17) is 28.2 Å². The number of halogens is 2. The minimum Gasteiger partial charge on any atom is -0.353 e. The van der Waals surface area contributed by atoms with Crippen LogP contribution in [-0.4, -0.2) is 90.6 Å². The van der Waals surface area contributed by atoms with Gasteiger partial charge in [-0.15, -0.1) is 0 Å². The third-order valence-electron chi connectivity index (χ3n) is 13.7. The summed E-state index contributed by atoms with van der Waals surface area (Å²) in [4.78, 5) is 50.0. The molecule has 362 valence electrons. The number of aromatic nitrogens is 8. The molecule has 2 N–H and O–H groups in total. The zero-order chi connectivity index (χ0) is 50.5. The van der Waals surface area contributed by atoms with E-state index in [1.807, 2.05) is 91.9 Å². The van der Waals surface area contributed by atoms with Crippen molar-refractivity contribution in [3.63, 3.8) is 0 Å². The molecule has 6 aromatic heterocycles. The van der Waals surface area contributed by atoms with Crippen LogP contribution in [0.25, 0.3) is 77.5 Å². The summed E-state index contributed by atoms with van der Waals surface area (Å²) in [6.07, 6.45) is 5.11. The molecule has 0 atom stereocenters. The molecule has 16 nitrogen and oxygen atoms in total. The van der Waals surface area contributed by atoms with Gasteiger partial charge >= 0.3 is 11.4 Å². The molecule has 0 saturated carbocycles. The fraction of sp³-hybridized carbons (Fsp3) is 0.200. The predicted molar refractivity (Wildman–Crippen MR) is 288 cm³/mol. The second-order valence-electron chi connectivity index (χ2n) is 18.0. The summed E-state index contributed by atoms with van der Waals surface area (Å²) in [6.45, 7) is 8.35. The normalized spacial score (nSPS) is 13.8. The molecule has 0 spiro atoms. The van der Waals surface area contributed by atoms with E-state index in [1.54, 1.807) is 63.1 Å². The number of hydrogen-bond donors (Lipinski definition) is 2. The van der Waals surface area contributed by atoms with E-state index in [-0.39, 0.29) is 11.4 Å². The van der Waals surface area contributed by atoms with Crippen molar-refractivity contribution >= 4 is 78.7 Å². The number of benzene rings is 4. The topological polar surface area (TPSA) is 184 Å². The van der Waals surface area contributed by atoms with Gasteiger partial charge in [0.15, 0.2) is 0 Å². The number of piperazine rings is 2. The van der Waals surface area contributed by atoms with E-state index >= 15 is 0 Å². The van der Waals surface area contributed by atoms with Crippen molar-refractivity contribution in [2.45, 2.75) is 6.92 Å². The highest BCUT2D eigenvalue weighted by Gasteiger charge is 2.24. The lowest BCUT2D eigenvalue weighted by molar-refractivity contribution is 0.584. The molecule has 0 amide bonds. The Morgan fingerprint density at radius 2 is 1.00 bits per heavy atom. The number of pyridine rings is 4. The SMILES string of the molecule is Cc1nc(N2CCNCC2)c(C#N)cc1-n1c(=O)n(C)c2cnc3ccc(-c4ccc(Cl)cc4)cc3c21.Cn1c(=O)n(-c2cnc(N3CCNCC3)c(C#N)c2)c2c3cc(-c4ccc(Cl)cc4)ccc3ncc21. The summed E-state index contributed by atoms with van der Waals surface area (Å²) < 4.78 is 6.45. The van der Waals surface area contributed by atoms with Gasteiger partial charge in [-0.05, 0) is 89.8 Å². The van der Waals surface area contributed by atoms with E-state index in [0.29, 0.717) is 60.9 Å². The van der Waals surface area contributed by atoms with Crippen LogP contribution in [0.2, 0.25) is 10.0 Å². The van der Waals surface area contributed by atoms with Crippen LogP contribution in [0.5, 0.6) is 0 Å². The van der Waals surface area contributed by atoms with Crippen LogP contribution in [0.4, 0.5) is 11.6 Å². The molecular formula is C55H46Cl2N14O2. The van der Waals surface area contributed by atoms with Crippen LogP contribution in [-0.2, 0) is 14.1 Å². The number of fused-ring (bicyclic) bond motifs is 6. The molecule has 2 fully saturated rings. The number of nitrogens with zero attached hydrogens (tertiary/aromatic N) is 12. The first-order valence-electron chi connectivity index (χ1n) is 23.8. The number of nitriles is 2. The Kier molecular flexibility index (Phi) is 12.4. The third-order valence-corrected chi connectivity index (χ3v) is 14.2. The lowest BCUT2D eigenvalue weighted by Gasteiger charge is -2.29. The molecule has 18 heteroatoms. The minimum atomic E-state index is -0.225. The van der Waals surface area contributed by atoms with Crippen LogP contribution in [0.1, 0.15) is 16.8 Å². The number of imidazole rings is 2. The van der Waals surface area contributed by atoms with Crippen molar-refractivity contribution in [3.05, 3.63) is 163 Å². The van der Waals surface area contributed by atoms with Gasteiger partial charge in [-0.25, -0.2) is 19.6 Å². The number of anilines is 2. The number of aryl methyl sites for hydroxylation is 3. The summed E-state index contributed by atoms with van der Waals surface area (Å²) in [5, 5.41) is 29.6. The predicted octanol–water partition coefficient (Wildman–Crippen LogP) is 8.06. The average Bonchev–Trinajstić information content (AvgIpc) is 3.85. The average molecular weight is 1010 g/mol. The molecule has 2 saturated heterocycles. The highest BCUT2D eigenvalue weighted by Crippen LogP contribution is 2.34. The second kappa shape index (κ2) is 19.3. The molecule has 10 aromatic rings. The van der Waals surface area contributed by atoms with Gasteiger partial charge in [0.05, 0.1) is 79.9 Å². The highest BCUT2D eigenvalue weighted by atomic mass is 35.5. The Morgan fingerprint density at radius 3 is 1.51 bits per heavy atom. The van der Waals surface area contributed by atoms with Gasteiger partial charge in [-0.2, -0.15) is 10.5 Å². The Morgan fingerprint density at radius 1 is 0.548 bits per heavy atom. The first kappa shape index (κ1) is 47.0. The number of hydrogen-bond acceptors (Lipinski definition) is 12. The smallest absolute Gasteiger partial charge is 0.333 e. The van der Waals surface area contributed by atoms with E-state index < -0.39 is 0 Å². The van der Waals surface area contributed by atoms with Crippen molar-refractivity contribution < 1.29 is 0 Å². The summed E-state index contributed by atoms with van der Waals surface area (Å²) in [5.74, 6) is 1.31. The quantitative estimate of drug-likeness (QED) is 0.164. The van der Waals surface area contributed by atoms with Crippen molar-refractivity contribution in [2.24, 2.45) is 14.1 Å². The van der Waals surface area contributed by atoms with Gasteiger partial charge in [-0.1, -0.05) is 59.6 Å². The molecule has 2 aliphatic rings. The molecular weight excluding hydrogens is 960 g/mol. The molecule has 4 aromatic carbocycles. The van der Waals surface area contributed by atoms with Gasteiger partial charge in [0.2, 0.25) is 0 Å². The lowest BCUT2D eigenvalue weighted by Crippen LogP contribution is -2.44. The van der Waals surface area contributed by atoms with Crippen LogP contribution in [0.3, 0.4) is 0 Å². The fourth-order valence-electron chi connectivity index (χ4n) is 9.89. The van der Waals surface area contributed by atoms with Crippen molar-refractivity contribution in [2.75, 3.05) is 62.2 Å². The monoisotopic (exact) mass is 1000 g/mol. The zero-order valence-electron chi connectivity index (χ0n) is 40.1. The maximum Gasteiger partial charge on any atom is 0.333 e. The third kappa shape index (κ3) is 8.50. The maximum absolute atomic E-state index is 13.6. The highest BCUT2D eigenvalue weighted by molar-refractivity contribution is 6.31. The molecule has 0 radical (unpaired) electrons. The molecule has 0 unspecified atom stereocenters. The van der Waals surface area contributed by atoms with Crippen molar-refractivity contribution in [1.82, 2.24) is 48.8 Å². The standard InChI is InChI=1S/C28H24ClN7O.C27H22ClN7O/c1-17-24(14-20(15-30)27(33-17)35-11-9-31-10-12-35)36-26-22-13-19(18-3-6-21(29)7-4-18)5-8-23(22)32-16-25(26)34(2)28(36)37;1-33-24-16-31-23-7-4-18(17-2-5-20(28)6-3-17)13-22(23)25(24)35(27(33)36)21-12-19(14-29)26(32-15-21)34-10-8-30-9-11-34/h3-8,13-14,16,31H,9-12H2,1-2H3;2-7,12-13,15-16,30H,8-11H2,1H3. The van der Waals surface area contributed by atoms with Gasteiger partial charge in [-0.3, -0.25) is 28.2 Å². The summed E-state index contributed by atoms with van der Waals surface area (Å²) in [6, 6.07) is 35.4. The summed E-state index contributed by atoms with van der Waals surface area (Å²) in [7, 11) is 3.46. The van der Waals surface area contributed by atoms with E-state index in [0.717, 1.165) is 107 Å². The number of nitrogens with one attached hydrogen (secondary N) is 2. The lowest BCUT2D eigenvalue weighted by atomic mass is 10.0. The van der Waals surface area contributed by atoms with Crippen LogP contribution < -0.4 is 31.8 Å². The maximum atomic E-state index is 13.6. The largest absolute Gasteiger partial charge is 0.353 e. The first-order chi connectivity index (χ1) is 35.5. The van der Waals surface area contributed by atoms with Gasteiger partial charge in [0.25, 0.3) is 0 Å². The summed E-state index contributed by atoms with van der Waals surface area (Å²) in [5.41, 5.74) is 10.7.